The monoisotopic (exact) mass is 221 g/mol. The van der Waals surface area contributed by atoms with Crippen molar-refractivity contribution in [2.45, 2.75) is 5.54 Å². The van der Waals surface area contributed by atoms with Crippen molar-refractivity contribution >= 4 is 5.97 Å². The largest absolute Gasteiger partial charge is 0.468 e. The third kappa shape index (κ3) is 3.75. The van der Waals surface area contributed by atoms with Crippen LogP contribution < -0.4 is 0 Å². The number of hydrogen-bond acceptors (Lipinski definition) is 6. The van der Waals surface area contributed by atoms with E-state index in [1.807, 2.05) is 0 Å². The van der Waals surface area contributed by atoms with E-state index >= 15 is 0 Å². The van der Waals surface area contributed by atoms with E-state index in [2.05, 4.69) is 4.74 Å². The third-order valence-corrected chi connectivity index (χ3v) is 2.41. The summed E-state index contributed by atoms with van der Waals surface area (Å²) in [6.45, 7) is -0.482. The van der Waals surface area contributed by atoms with Gasteiger partial charge < -0.3 is 19.7 Å². The van der Waals surface area contributed by atoms with Crippen LogP contribution in [0.2, 0.25) is 0 Å². The molecule has 0 spiro atoms. The lowest BCUT2D eigenvalue weighted by molar-refractivity contribution is -0.145. The van der Waals surface area contributed by atoms with Crippen LogP contribution in [0.1, 0.15) is 0 Å². The van der Waals surface area contributed by atoms with Crippen molar-refractivity contribution in [3.63, 3.8) is 0 Å². The minimum absolute atomic E-state index is 0.0129. The second-order valence-corrected chi connectivity index (χ2v) is 3.41. The van der Waals surface area contributed by atoms with Gasteiger partial charge in [-0.2, -0.15) is 0 Å². The Kier molecular flexibility index (Phi) is 6.42. The first-order chi connectivity index (χ1) is 7.06. The molecule has 0 fully saturated rings. The summed E-state index contributed by atoms with van der Waals surface area (Å²) in [5, 5.41) is 18.5. The molecular formula is C9H19NO5. The Morgan fingerprint density at radius 2 is 1.87 bits per heavy atom. The van der Waals surface area contributed by atoms with Crippen LogP contribution in [-0.4, -0.2) is 74.3 Å². The summed E-state index contributed by atoms with van der Waals surface area (Å²) < 4.78 is 9.41. The third-order valence-electron chi connectivity index (χ3n) is 2.41. The molecule has 0 aromatic carbocycles. The maximum atomic E-state index is 11.0. The van der Waals surface area contributed by atoms with E-state index in [1.54, 1.807) is 7.05 Å². The standard InChI is InChI=1S/C9H19NO5/c1-10(4-8(13)15-3)9(5-11,6-12)7-14-2/h11-12H,4-7H2,1-3H3. The summed E-state index contributed by atoms with van der Waals surface area (Å²) in [4.78, 5) is 12.6. The van der Waals surface area contributed by atoms with Gasteiger partial charge in [-0.05, 0) is 7.05 Å². The number of methoxy groups -OCH3 is 2. The van der Waals surface area contributed by atoms with Gasteiger partial charge in [0, 0.05) is 7.11 Å². The van der Waals surface area contributed by atoms with Crippen LogP contribution in [0.4, 0.5) is 0 Å². The Morgan fingerprint density at radius 3 is 2.20 bits per heavy atom. The van der Waals surface area contributed by atoms with Gasteiger partial charge in [-0.1, -0.05) is 0 Å². The molecule has 0 saturated heterocycles. The van der Waals surface area contributed by atoms with Crippen LogP contribution in [0.5, 0.6) is 0 Å². The van der Waals surface area contributed by atoms with Crippen molar-refractivity contribution < 1.29 is 24.5 Å². The van der Waals surface area contributed by atoms with Gasteiger partial charge in [0.15, 0.2) is 0 Å². The quantitative estimate of drug-likeness (QED) is 0.507. The molecule has 0 radical (unpaired) electrons. The van der Waals surface area contributed by atoms with Crippen molar-refractivity contribution in [1.29, 1.82) is 0 Å². The number of ether oxygens (including phenoxy) is 2. The topological polar surface area (TPSA) is 79.2 Å². The molecule has 6 heteroatoms. The molecule has 0 rings (SSSR count). The molecule has 0 heterocycles. The van der Waals surface area contributed by atoms with Gasteiger partial charge in [-0.3, -0.25) is 9.69 Å². The van der Waals surface area contributed by atoms with Crippen molar-refractivity contribution in [2.24, 2.45) is 0 Å². The number of aliphatic hydroxyl groups is 2. The predicted octanol–water partition coefficient (Wildman–Crippen LogP) is -1.54. The molecule has 90 valence electrons. The molecule has 15 heavy (non-hydrogen) atoms. The van der Waals surface area contributed by atoms with E-state index in [0.29, 0.717) is 0 Å². The molecule has 2 N–H and O–H groups in total. The number of aliphatic hydroxyl groups excluding tert-OH is 2. The summed E-state index contributed by atoms with van der Waals surface area (Å²) in [6, 6.07) is 0. The van der Waals surface area contributed by atoms with E-state index in [4.69, 9.17) is 4.74 Å². The zero-order valence-corrected chi connectivity index (χ0v) is 9.39. The molecule has 0 aliphatic carbocycles. The van der Waals surface area contributed by atoms with Gasteiger partial charge >= 0.3 is 5.97 Å². The summed E-state index contributed by atoms with van der Waals surface area (Å²) in [5.41, 5.74) is -0.955. The van der Waals surface area contributed by atoms with Crippen molar-refractivity contribution in [1.82, 2.24) is 4.90 Å². The summed E-state index contributed by atoms with van der Waals surface area (Å²) in [5.74, 6) is -0.431. The Hall–Kier alpha value is -0.690. The van der Waals surface area contributed by atoms with Gasteiger partial charge in [-0.25, -0.2) is 0 Å². The Morgan fingerprint density at radius 1 is 1.33 bits per heavy atom. The molecule has 0 bridgehead atoms. The first-order valence-electron chi connectivity index (χ1n) is 4.55. The number of rotatable bonds is 7. The van der Waals surface area contributed by atoms with Gasteiger partial charge in [0.25, 0.3) is 0 Å². The van der Waals surface area contributed by atoms with Crippen LogP contribution in [0.25, 0.3) is 0 Å². The summed E-state index contributed by atoms with van der Waals surface area (Å²) in [7, 11) is 4.36. The number of likely N-dealkylation sites (N-methyl/N-ethyl adjacent to an activating group) is 1. The first kappa shape index (κ1) is 14.3. The number of carbonyl (C=O) groups is 1. The number of nitrogens with zero attached hydrogens (tertiary/aromatic N) is 1. The minimum atomic E-state index is -0.955. The average molecular weight is 221 g/mol. The van der Waals surface area contributed by atoms with Gasteiger partial charge in [-0.15, -0.1) is 0 Å². The zero-order chi connectivity index (χ0) is 11.9. The zero-order valence-electron chi connectivity index (χ0n) is 9.39. The van der Waals surface area contributed by atoms with E-state index < -0.39 is 11.5 Å². The van der Waals surface area contributed by atoms with E-state index in [-0.39, 0.29) is 26.4 Å². The molecule has 0 aromatic rings. The van der Waals surface area contributed by atoms with Gasteiger partial charge in [0.05, 0.1) is 39.0 Å². The van der Waals surface area contributed by atoms with Gasteiger partial charge in [0.2, 0.25) is 0 Å². The Balaban J connectivity index is 4.52. The molecule has 0 atom stereocenters. The first-order valence-corrected chi connectivity index (χ1v) is 4.55. The molecule has 0 aromatic heterocycles. The predicted molar refractivity (Wildman–Crippen MR) is 53.4 cm³/mol. The fraction of sp³-hybridized carbons (Fsp3) is 0.889. The van der Waals surface area contributed by atoms with Crippen LogP contribution in [0, 0.1) is 0 Å². The highest BCUT2D eigenvalue weighted by Gasteiger charge is 2.34. The molecule has 0 unspecified atom stereocenters. The normalized spacial score (nSPS) is 11.9. The number of esters is 1. The summed E-state index contributed by atoms with van der Waals surface area (Å²) in [6.07, 6.45) is 0. The van der Waals surface area contributed by atoms with Crippen LogP contribution in [0.3, 0.4) is 0 Å². The second-order valence-electron chi connectivity index (χ2n) is 3.41. The van der Waals surface area contributed by atoms with E-state index in [9.17, 15) is 15.0 Å². The van der Waals surface area contributed by atoms with Crippen molar-refractivity contribution in [2.75, 3.05) is 47.6 Å². The lowest BCUT2D eigenvalue weighted by Gasteiger charge is -2.37. The molecule has 0 aliphatic heterocycles. The van der Waals surface area contributed by atoms with Crippen LogP contribution in [0.15, 0.2) is 0 Å². The van der Waals surface area contributed by atoms with Gasteiger partial charge in [0.1, 0.15) is 0 Å². The highest BCUT2D eigenvalue weighted by molar-refractivity contribution is 5.71. The fourth-order valence-corrected chi connectivity index (χ4v) is 1.19. The Bertz CT molecular complexity index is 193. The molecular weight excluding hydrogens is 202 g/mol. The molecule has 0 saturated carbocycles. The SMILES string of the molecule is COCC(CO)(CO)N(C)CC(=O)OC. The molecule has 6 nitrogen and oxygen atoms in total. The molecule has 0 aliphatic rings. The van der Waals surface area contributed by atoms with E-state index in [1.165, 1.54) is 19.1 Å². The number of carbonyl (C=O) groups excluding carboxylic acids is 1. The fourth-order valence-electron chi connectivity index (χ4n) is 1.19. The average Bonchev–Trinajstić information content (AvgIpc) is 2.25. The maximum Gasteiger partial charge on any atom is 0.319 e. The van der Waals surface area contributed by atoms with Crippen molar-refractivity contribution in [3.8, 4) is 0 Å². The van der Waals surface area contributed by atoms with Crippen LogP contribution >= 0.6 is 0 Å². The molecule has 0 amide bonds. The highest BCUT2D eigenvalue weighted by Crippen LogP contribution is 2.13. The second kappa shape index (κ2) is 6.73. The lowest BCUT2D eigenvalue weighted by Crippen LogP contribution is -2.57. The maximum absolute atomic E-state index is 11.0. The smallest absolute Gasteiger partial charge is 0.319 e. The van der Waals surface area contributed by atoms with Crippen LogP contribution in [-0.2, 0) is 14.3 Å². The van der Waals surface area contributed by atoms with E-state index in [0.717, 1.165) is 0 Å². The van der Waals surface area contributed by atoms with Crippen molar-refractivity contribution in [3.05, 3.63) is 0 Å². The summed E-state index contributed by atoms with van der Waals surface area (Å²) >= 11 is 0. The number of hydrogen-bond donors (Lipinski definition) is 2. The lowest BCUT2D eigenvalue weighted by atomic mass is 10.0. The minimum Gasteiger partial charge on any atom is -0.468 e. The highest BCUT2D eigenvalue weighted by atomic mass is 16.5. The Labute approximate surface area is 89.4 Å².